The second kappa shape index (κ2) is 3.81. The van der Waals surface area contributed by atoms with Crippen LogP contribution in [-0.4, -0.2) is 20.6 Å². The molecule has 0 spiro atoms. The number of tetrazole rings is 1. The fourth-order valence-electron chi connectivity index (χ4n) is 0.894. The number of benzene rings is 1. The van der Waals surface area contributed by atoms with Crippen molar-refractivity contribution < 1.29 is 0 Å². The first kappa shape index (κ1) is 9.23. The third-order valence-electron chi connectivity index (χ3n) is 1.49. The van der Waals surface area contributed by atoms with Gasteiger partial charge in [0, 0.05) is 0 Å². The van der Waals surface area contributed by atoms with Crippen molar-refractivity contribution in [3.8, 4) is 0 Å². The molecule has 0 bridgehead atoms. The Labute approximate surface area is 89.4 Å². The molecule has 1 aromatic heterocycles. The highest BCUT2D eigenvalue weighted by Crippen LogP contribution is 2.30. The minimum absolute atomic E-state index is 0.286. The number of H-pyrrole nitrogens is 1. The lowest BCUT2D eigenvalue weighted by Crippen LogP contribution is -1.92. The van der Waals surface area contributed by atoms with E-state index in [9.17, 15) is 0 Å². The quantitative estimate of drug-likeness (QED) is 0.856. The van der Waals surface area contributed by atoms with Crippen LogP contribution in [0.4, 0.5) is 11.6 Å². The van der Waals surface area contributed by atoms with Crippen molar-refractivity contribution in [1.82, 2.24) is 25.9 Å². The Morgan fingerprint density at radius 2 is 2.14 bits per heavy atom. The number of rotatable bonds is 2. The van der Waals surface area contributed by atoms with Gasteiger partial charge < -0.3 is 0 Å². The molecule has 0 unspecified atom stereocenters. The summed E-state index contributed by atoms with van der Waals surface area (Å²) in [6, 6.07) is 5.15. The first-order chi connectivity index (χ1) is 6.77. The highest BCUT2D eigenvalue weighted by atomic mass is 35.5. The van der Waals surface area contributed by atoms with Crippen molar-refractivity contribution in [3.63, 3.8) is 0 Å². The number of nitrogens with one attached hydrogen (secondary N) is 1. The summed E-state index contributed by atoms with van der Waals surface area (Å²) in [5.74, 6) is 0.286. The third kappa shape index (κ3) is 1.78. The summed E-state index contributed by atoms with van der Waals surface area (Å²) in [6.07, 6.45) is 0. The molecule has 5 nitrogen and oxygen atoms in total. The van der Waals surface area contributed by atoms with E-state index in [-0.39, 0.29) is 5.95 Å². The van der Waals surface area contributed by atoms with E-state index in [1.165, 1.54) is 0 Å². The summed E-state index contributed by atoms with van der Waals surface area (Å²) in [7, 11) is 0. The Kier molecular flexibility index (Phi) is 2.51. The normalized spacial score (nSPS) is 10.1. The molecule has 0 atom stereocenters. The minimum atomic E-state index is 0.286. The Balaban J connectivity index is 2.29. The molecule has 0 saturated heterocycles. The highest BCUT2D eigenvalue weighted by molar-refractivity contribution is 6.43. The maximum atomic E-state index is 5.90. The molecule has 1 N–H and O–H groups in total. The Hall–Kier alpha value is -1.33. The van der Waals surface area contributed by atoms with Crippen LogP contribution in [0, 0.1) is 0 Å². The average Bonchev–Trinajstić information content (AvgIpc) is 2.66. The number of hydrogen-bond donors (Lipinski definition) is 1. The zero-order valence-electron chi connectivity index (χ0n) is 6.78. The summed E-state index contributed by atoms with van der Waals surface area (Å²) < 4.78 is 0. The number of halogens is 2. The summed E-state index contributed by atoms with van der Waals surface area (Å²) in [5, 5.41) is 17.7. The molecule has 1 aromatic carbocycles. The Morgan fingerprint density at radius 1 is 1.29 bits per heavy atom. The Bertz CT molecular complexity index is 428. The molecule has 7 heteroatoms. The van der Waals surface area contributed by atoms with Gasteiger partial charge in [-0.1, -0.05) is 34.4 Å². The monoisotopic (exact) mass is 228 g/mol. The number of nitrogens with zero attached hydrogens (tertiary/aromatic N) is 4. The summed E-state index contributed by atoms with van der Waals surface area (Å²) in [4.78, 5) is 0. The van der Waals surface area contributed by atoms with Crippen LogP contribution >= 0.6 is 23.2 Å². The van der Waals surface area contributed by atoms with Crippen LogP contribution in [-0.2, 0) is 0 Å². The zero-order chi connectivity index (χ0) is 9.97. The number of aromatic amines is 1. The fraction of sp³-hybridized carbons (Fsp3) is 0. The van der Waals surface area contributed by atoms with Crippen molar-refractivity contribution in [2.24, 2.45) is 0 Å². The van der Waals surface area contributed by atoms with E-state index in [1.54, 1.807) is 18.2 Å². The SMILES string of the molecule is Clc1cccc([N]c2nnn[nH]2)c1Cl. The van der Waals surface area contributed by atoms with E-state index in [0.29, 0.717) is 15.7 Å². The molecule has 2 aromatic rings. The molecule has 1 heterocycles. The molecule has 0 aliphatic carbocycles. The fourth-order valence-corrected chi connectivity index (χ4v) is 1.23. The van der Waals surface area contributed by atoms with Gasteiger partial charge in [0.15, 0.2) is 0 Å². The van der Waals surface area contributed by atoms with Crippen LogP contribution in [0.5, 0.6) is 0 Å². The highest BCUT2D eigenvalue weighted by Gasteiger charge is 2.07. The van der Waals surface area contributed by atoms with Gasteiger partial charge in [-0.05, 0) is 22.6 Å². The van der Waals surface area contributed by atoms with Gasteiger partial charge in [0.1, 0.15) is 0 Å². The first-order valence-corrected chi connectivity index (χ1v) is 4.42. The van der Waals surface area contributed by atoms with Crippen molar-refractivity contribution in [2.45, 2.75) is 0 Å². The molecule has 0 saturated carbocycles. The van der Waals surface area contributed by atoms with Crippen LogP contribution < -0.4 is 5.32 Å². The standard InChI is InChI=1S/C7H4Cl2N5/c8-4-2-1-3-5(6(4)9)10-7-11-13-14-12-7/h1-3H,(H,11,12,13,14). The van der Waals surface area contributed by atoms with Crippen LogP contribution in [0.2, 0.25) is 10.0 Å². The second-order valence-corrected chi connectivity index (χ2v) is 3.19. The largest absolute Gasteiger partial charge is 0.267 e. The lowest BCUT2D eigenvalue weighted by molar-refractivity contribution is 0.881. The van der Waals surface area contributed by atoms with E-state index >= 15 is 0 Å². The van der Waals surface area contributed by atoms with Crippen molar-refractivity contribution in [3.05, 3.63) is 28.2 Å². The summed E-state index contributed by atoms with van der Waals surface area (Å²) in [5.41, 5.74) is 0.526. The van der Waals surface area contributed by atoms with Gasteiger partial charge in [0.05, 0.1) is 15.7 Å². The maximum absolute atomic E-state index is 5.90. The van der Waals surface area contributed by atoms with Gasteiger partial charge in [-0.25, -0.2) is 10.4 Å². The predicted octanol–water partition coefficient (Wildman–Crippen LogP) is 2.07. The zero-order valence-corrected chi connectivity index (χ0v) is 8.29. The van der Waals surface area contributed by atoms with E-state index in [0.717, 1.165) is 0 Å². The number of aromatic nitrogens is 4. The van der Waals surface area contributed by atoms with Crippen molar-refractivity contribution >= 4 is 34.8 Å². The first-order valence-electron chi connectivity index (χ1n) is 3.67. The molecule has 0 aliphatic rings. The van der Waals surface area contributed by atoms with Gasteiger partial charge in [-0.3, -0.25) is 0 Å². The van der Waals surface area contributed by atoms with Gasteiger partial charge in [0.25, 0.3) is 5.95 Å². The van der Waals surface area contributed by atoms with Gasteiger partial charge >= 0.3 is 0 Å². The third-order valence-corrected chi connectivity index (χ3v) is 2.30. The van der Waals surface area contributed by atoms with Gasteiger partial charge in [0.2, 0.25) is 0 Å². The lowest BCUT2D eigenvalue weighted by Gasteiger charge is -2.01. The average molecular weight is 229 g/mol. The van der Waals surface area contributed by atoms with Crippen molar-refractivity contribution in [2.75, 3.05) is 0 Å². The maximum Gasteiger partial charge on any atom is 0.267 e. The van der Waals surface area contributed by atoms with Gasteiger partial charge in [-0.15, -0.1) is 0 Å². The number of hydrogen-bond acceptors (Lipinski definition) is 3. The molecule has 14 heavy (non-hydrogen) atoms. The Morgan fingerprint density at radius 3 is 2.86 bits per heavy atom. The molecule has 0 aliphatic heterocycles. The van der Waals surface area contributed by atoms with Crippen LogP contribution in [0.3, 0.4) is 0 Å². The molecular formula is C7H4Cl2N5. The molecule has 1 radical (unpaired) electrons. The van der Waals surface area contributed by atoms with E-state index in [4.69, 9.17) is 23.2 Å². The predicted molar refractivity (Wildman–Crippen MR) is 52.1 cm³/mol. The summed E-state index contributed by atoms with van der Waals surface area (Å²) >= 11 is 11.7. The molecule has 2 rings (SSSR count). The van der Waals surface area contributed by atoms with E-state index < -0.39 is 0 Å². The van der Waals surface area contributed by atoms with E-state index in [2.05, 4.69) is 25.9 Å². The summed E-state index contributed by atoms with van der Waals surface area (Å²) in [6.45, 7) is 0. The topological polar surface area (TPSA) is 68.6 Å². The van der Waals surface area contributed by atoms with E-state index in [1.807, 2.05) is 0 Å². The van der Waals surface area contributed by atoms with Crippen LogP contribution in [0.15, 0.2) is 18.2 Å². The van der Waals surface area contributed by atoms with Gasteiger partial charge in [-0.2, -0.15) is 0 Å². The molecule has 0 fully saturated rings. The van der Waals surface area contributed by atoms with Crippen LogP contribution in [0.25, 0.3) is 0 Å². The molecule has 0 amide bonds. The van der Waals surface area contributed by atoms with Crippen LogP contribution in [0.1, 0.15) is 0 Å². The molecule has 71 valence electrons. The second-order valence-electron chi connectivity index (χ2n) is 2.41. The molecular weight excluding hydrogens is 225 g/mol. The van der Waals surface area contributed by atoms with Crippen molar-refractivity contribution in [1.29, 1.82) is 0 Å². The minimum Gasteiger partial charge on any atom is -0.223 e. The lowest BCUT2D eigenvalue weighted by atomic mass is 10.3. The smallest absolute Gasteiger partial charge is 0.223 e.